The minimum absolute atomic E-state index is 0.0405. The number of hydrogen-bond acceptors (Lipinski definition) is 6. The Bertz CT molecular complexity index is 684. The summed E-state index contributed by atoms with van der Waals surface area (Å²) < 4.78 is 6.64. The molecule has 0 spiro atoms. The molecule has 1 aliphatic carbocycles. The van der Waals surface area contributed by atoms with Crippen molar-refractivity contribution in [2.24, 2.45) is 5.92 Å². The van der Waals surface area contributed by atoms with E-state index in [2.05, 4.69) is 14.1 Å². The van der Waals surface area contributed by atoms with Gasteiger partial charge in [-0.15, -0.1) is 0 Å². The summed E-state index contributed by atoms with van der Waals surface area (Å²) in [4.78, 5) is 22.3. The normalized spacial score (nSPS) is 24.1. The smallest absolute Gasteiger partial charge is 0.343 e. The van der Waals surface area contributed by atoms with Gasteiger partial charge in [-0.3, -0.25) is 0 Å². The van der Waals surface area contributed by atoms with E-state index in [4.69, 9.17) is 9.84 Å². The van der Waals surface area contributed by atoms with Crippen LogP contribution in [-0.4, -0.2) is 66.0 Å². The van der Waals surface area contributed by atoms with E-state index in [0.29, 0.717) is 5.56 Å². The molecule has 2 aliphatic rings. The number of esters is 1. The molecular formula is C22H33NO6. The molecule has 3 atom stereocenters. The summed E-state index contributed by atoms with van der Waals surface area (Å²) in [6.45, 7) is 2.96. The van der Waals surface area contributed by atoms with Gasteiger partial charge in [-0.2, -0.15) is 0 Å². The van der Waals surface area contributed by atoms with Gasteiger partial charge in [0, 0.05) is 12.3 Å². The number of aliphatic carboxylic acids is 1. The molecule has 1 saturated heterocycles. The quantitative estimate of drug-likeness (QED) is 0.546. The van der Waals surface area contributed by atoms with Crippen molar-refractivity contribution >= 4 is 11.9 Å². The second kappa shape index (κ2) is 9.69. The van der Waals surface area contributed by atoms with E-state index in [1.165, 1.54) is 0 Å². The Balaban J connectivity index is 0.000000438. The van der Waals surface area contributed by atoms with E-state index in [-0.39, 0.29) is 12.0 Å². The molecule has 7 heteroatoms. The van der Waals surface area contributed by atoms with E-state index in [9.17, 15) is 19.8 Å². The number of carboxylic acid groups (broad SMARTS) is 1. The number of aliphatic hydroxyl groups excluding tert-OH is 1. The molecule has 0 aromatic heterocycles. The molecule has 1 aromatic rings. The molecule has 1 aliphatic heterocycles. The van der Waals surface area contributed by atoms with Gasteiger partial charge in [-0.25, -0.2) is 4.79 Å². The third-order valence-electron chi connectivity index (χ3n) is 5.84. The first-order chi connectivity index (χ1) is 13.6. The van der Waals surface area contributed by atoms with Crippen molar-refractivity contribution in [3.05, 3.63) is 35.9 Å². The predicted octanol–water partition coefficient (Wildman–Crippen LogP) is 0.573. The van der Waals surface area contributed by atoms with E-state index in [0.717, 1.165) is 56.6 Å². The number of nitrogens with zero attached hydrogens (tertiary/aromatic N) is 1. The number of rotatable bonds is 5. The maximum Gasteiger partial charge on any atom is 0.343 e. The number of carbonyl (C=O) groups is 2. The standard InChI is InChI=1S/C19H28NO3.C3H6O3/c1-20(2)13-12-17(14-20)23-18(21)19(22,16-10-6-7-11-16)15-8-4-3-5-9-15;1-2(4)3(5)6/h3-5,8-9,16-17,22H,6-7,10-14H2,1-2H3;2,4H,1H3,(H,5,6)/q+1;/p-1. The first-order valence-electron chi connectivity index (χ1n) is 10.3. The molecule has 0 radical (unpaired) electrons. The molecule has 3 rings (SSSR count). The summed E-state index contributed by atoms with van der Waals surface area (Å²) >= 11 is 0. The number of carbonyl (C=O) groups excluding carboxylic acids is 2. The van der Waals surface area contributed by atoms with Crippen LogP contribution >= 0.6 is 0 Å². The Labute approximate surface area is 172 Å². The largest absolute Gasteiger partial charge is 0.547 e. The molecule has 1 aromatic carbocycles. The van der Waals surface area contributed by atoms with E-state index >= 15 is 0 Å². The average Bonchev–Trinajstić information content (AvgIpc) is 3.32. The Hall–Kier alpha value is -1.96. The monoisotopic (exact) mass is 407 g/mol. The number of benzene rings is 1. The number of carboxylic acids is 1. The number of aliphatic hydroxyl groups is 2. The fourth-order valence-corrected chi connectivity index (χ4v) is 4.12. The van der Waals surface area contributed by atoms with E-state index < -0.39 is 23.6 Å². The van der Waals surface area contributed by atoms with Crippen LogP contribution in [0, 0.1) is 5.92 Å². The summed E-state index contributed by atoms with van der Waals surface area (Å²) in [5.41, 5.74) is -0.832. The minimum Gasteiger partial charge on any atom is -0.547 e. The summed E-state index contributed by atoms with van der Waals surface area (Å²) in [5.74, 6) is -1.93. The highest BCUT2D eigenvalue weighted by molar-refractivity contribution is 5.81. The zero-order valence-electron chi connectivity index (χ0n) is 17.5. The highest BCUT2D eigenvalue weighted by Gasteiger charge is 2.49. The van der Waals surface area contributed by atoms with Crippen LogP contribution in [0.3, 0.4) is 0 Å². The highest BCUT2D eigenvalue weighted by Crippen LogP contribution is 2.42. The Morgan fingerprint density at radius 1 is 1.17 bits per heavy atom. The lowest BCUT2D eigenvalue weighted by Crippen LogP contribution is -2.46. The van der Waals surface area contributed by atoms with Crippen LogP contribution in [0.25, 0.3) is 0 Å². The maximum absolute atomic E-state index is 12.9. The molecule has 0 bridgehead atoms. The van der Waals surface area contributed by atoms with E-state index in [1.807, 2.05) is 30.3 Å². The first kappa shape index (κ1) is 23.3. The molecule has 1 heterocycles. The third kappa shape index (κ3) is 6.01. The van der Waals surface area contributed by atoms with Gasteiger partial charge in [0.2, 0.25) is 0 Å². The second-order valence-corrected chi connectivity index (χ2v) is 8.77. The molecule has 162 valence electrons. The maximum atomic E-state index is 12.9. The van der Waals surface area contributed by atoms with Gasteiger partial charge in [-0.05, 0) is 25.3 Å². The summed E-state index contributed by atoms with van der Waals surface area (Å²) in [6, 6.07) is 9.33. The number of ether oxygens (including phenoxy) is 1. The fourth-order valence-electron chi connectivity index (χ4n) is 4.12. The highest BCUT2D eigenvalue weighted by atomic mass is 16.6. The zero-order valence-corrected chi connectivity index (χ0v) is 17.5. The Kier molecular flexibility index (Phi) is 7.80. The molecule has 1 saturated carbocycles. The van der Waals surface area contributed by atoms with Crippen molar-refractivity contribution in [3.8, 4) is 0 Å². The molecular weight excluding hydrogens is 374 g/mol. The van der Waals surface area contributed by atoms with Crippen molar-refractivity contribution in [1.82, 2.24) is 0 Å². The van der Waals surface area contributed by atoms with Crippen molar-refractivity contribution < 1.29 is 34.1 Å². The third-order valence-corrected chi connectivity index (χ3v) is 5.84. The van der Waals surface area contributed by atoms with Crippen LogP contribution in [0.5, 0.6) is 0 Å². The summed E-state index contributed by atoms with van der Waals surface area (Å²) in [7, 11) is 4.29. The van der Waals surface area contributed by atoms with Crippen LogP contribution in [0.2, 0.25) is 0 Å². The minimum atomic E-state index is -1.50. The number of hydrogen-bond donors (Lipinski definition) is 2. The van der Waals surface area contributed by atoms with Gasteiger partial charge >= 0.3 is 5.97 Å². The lowest BCUT2D eigenvalue weighted by Gasteiger charge is -2.33. The van der Waals surface area contributed by atoms with Crippen LogP contribution in [0.1, 0.15) is 44.6 Å². The predicted molar refractivity (Wildman–Crippen MR) is 105 cm³/mol. The Morgan fingerprint density at radius 3 is 2.17 bits per heavy atom. The summed E-state index contributed by atoms with van der Waals surface area (Å²) in [5, 5.41) is 28.7. The fraction of sp³-hybridized carbons (Fsp3) is 0.636. The zero-order chi connectivity index (χ0) is 21.7. The molecule has 7 nitrogen and oxygen atoms in total. The number of quaternary nitrogens is 1. The van der Waals surface area contributed by atoms with Crippen LogP contribution in [0.15, 0.2) is 30.3 Å². The molecule has 0 amide bonds. The molecule has 29 heavy (non-hydrogen) atoms. The van der Waals surface area contributed by atoms with Gasteiger partial charge in [0.05, 0.1) is 32.7 Å². The van der Waals surface area contributed by atoms with Gasteiger partial charge < -0.3 is 29.3 Å². The molecule has 2 N–H and O–H groups in total. The van der Waals surface area contributed by atoms with E-state index in [1.54, 1.807) is 0 Å². The van der Waals surface area contributed by atoms with Gasteiger partial charge in [-0.1, -0.05) is 43.2 Å². The van der Waals surface area contributed by atoms with Gasteiger partial charge in [0.1, 0.15) is 6.54 Å². The topological polar surface area (TPSA) is 107 Å². The number of likely N-dealkylation sites (N-methyl/N-ethyl adjacent to an activating group) is 1. The van der Waals surface area contributed by atoms with Crippen molar-refractivity contribution in [3.63, 3.8) is 0 Å². The lowest BCUT2D eigenvalue weighted by molar-refractivity contribution is -0.879. The van der Waals surface area contributed by atoms with Gasteiger partial charge in [0.25, 0.3) is 0 Å². The van der Waals surface area contributed by atoms with Crippen LogP contribution < -0.4 is 5.11 Å². The second-order valence-electron chi connectivity index (χ2n) is 8.77. The molecule has 3 unspecified atom stereocenters. The Morgan fingerprint density at radius 2 is 1.72 bits per heavy atom. The number of likely N-dealkylation sites (tertiary alicyclic amines) is 1. The van der Waals surface area contributed by atoms with Crippen molar-refractivity contribution in [1.29, 1.82) is 0 Å². The van der Waals surface area contributed by atoms with Crippen molar-refractivity contribution in [2.75, 3.05) is 27.2 Å². The van der Waals surface area contributed by atoms with Crippen molar-refractivity contribution in [2.45, 2.75) is 56.8 Å². The lowest BCUT2D eigenvalue weighted by atomic mass is 9.80. The summed E-state index contributed by atoms with van der Waals surface area (Å²) in [6.07, 6.45) is 3.34. The average molecular weight is 408 g/mol. The first-order valence-corrected chi connectivity index (χ1v) is 10.3. The van der Waals surface area contributed by atoms with Crippen LogP contribution in [0.4, 0.5) is 0 Å². The van der Waals surface area contributed by atoms with Gasteiger partial charge in [0.15, 0.2) is 11.7 Å². The SMILES string of the molecule is CC(O)C(=O)[O-].C[N+]1(C)CCC(OC(=O)C(O)(c2ccccc2)C2CCCC2)C1. The molecule has 2 fully saturated rings. The van der Waals surface area contributed by atoms with Crippen LogP contribution in [-0.2, 0) is 19.9 Å².